The maximum Gasteiger partial charge on any atom is 0.266 e. The summed E-state index contributed by atoms with van der Waals surface area (Å²) in [4.78, 5) is 15.5. The van der Waals surface area contributed by atoms with Crippen LogP contribution in [0, 0.1) is 0 Å². The van der Waals surface area contributed by atoms with E-state index in [9.17, 15) is 13.2 Å². The largest absolute Gasteiger partial charge is 0.330 e. The van der Waals surface area contributed by atoms with E-state index < -0.39 is 9.84 Å². The zero-order chi connectivity index (χ0) is 19.9. The van der Waals surface area contributed by atoms with Crippen molar-refractivity contribution in [2.75, 3.05) is 11.5 Å². The van der Waals surface area contributed by atoms with Crippen LogP contribution in [0.4, 0.5) is 0 Å². The minimum absolute atomic E-state index is 0.0140. The molecule has 1 atom stereocenters. The highest BCUT2D eigenvalue weighted by Gasteiger charge is 2.36. The van der Waals surface area contributed by atoms with E-state index in [1.807, 2.05) is 30.3 Å². The normalized spacial score (nSPS) is 18.4. The molecule has 2 heterocycles. The quantitative estimate of drug-likeness (QED) is 0.555. The summed E-state index contributed by atoms with van der Waals surface area (Å²) in [5, 5.41) is 1.74. The lowest BCUT2D eigenvalue weighted by Crippen LogP contribution is -2.40. The molecule has 28 heavy (non-hydrogen) atoms. The first kappa shape index (κ1) is 19.7. The van der Waals surface area contributed by atoms with Gasteiger partial charge in [0, 0.05) is 27.7 Å². The number of thiophene rings is 1. The molecule has 4 nitrogen and oxygen atoms in total. The number of sulfone groups is 1. The minimum atomic E-state index is -3.13. The van der Waals surface area contributed by atoms with Crippen LogP contribution in [0.15, 0.2) is 48.5 Å². The molecular weight excluding hydrogens is 437 g/mol. The van der Waals surface area contributed by atoms with Crippen LogP contribution in [0.3, 0.4) is 0 Å². The van der Waals surface area contributed by atoms with Gasteiger partial charge in [0.2, 0.25) is 0 Å². The Balaban J connectivity index is 1.73. The lowest BCUT2D eigenvalue weighted by atomic mass is 10.1. The third kappa shape index (κ3) is 3.92. The van der Waals surface area contributed by atoms with E-state index in [0.717, 1.165) is 15.6 Å². The van der Waals surface area contributed by atoms with Gasteiger partial charge < -0.3 is 4.90 Å². The van der Waals surface area contributed by atoms with Crippen molar-refractivity contribution in [3.05, 3.63) is 69.0 Å². The third-order valence-corrected chi connectivity index (χ3v) is 8.52. The number of hydrogen-bond donors (Lipinski definition) is 0. The molecule has 1 amide bonds. The van der Waals surface area contributed by atoms with Crippen molar-refractivity contribution in [2.24, 2.45) is 0 Å². The van der Waals surface area contributed by atoms with Crippen LogP contribution >= 0.6 is 34.5 Å². The first-order valence-electron chi connectivity index (χ1n) is 8.77. The molecule has 1 aliphatic heterocycles. The van der Waals surface area contributed by atoms with Crippen molar-refractivity contribution in [1.29, 1.82) is 0 Å². The molecule has 2 aromatic carbocycles. The van der Waals surface area contributed by atoms with Gasteiger partial charge in [0.15, 0.2) is 9.84 Å². The smallest absolute Gasteiger partial charge is 0.266 e. The van der Waals surface area contributed by atoms with Crippen molar-refractivity contribution >= 4 is 60.4 Å². The zero-order valence-corrected chi connectivity index (χ0v) is 17.9. The van der Waals surface area contributed by atoms with Gasteiger partial charge in [-0.2, -0.15) is 0 Å². The summed E-state index contributed by atoms with van der Waals surface area (Å²) in [6.45, 7) is 0.338. The van der Waals surface area contributed by atoms with E-state index >= 15 is 0 Å². The van der Waals surface area contributed by atoms with Crippen LogP contribution in [-0.2, 0) is 16.4 Å². The molecule has 8 heteroatoms. The molecule has 3 aromatic rings. The molecule has 0 N–H and O–H groups in total. The molecule has 0 aliphatic carbocycles. The number of benzene rings is 2. The van der Waals surface area contributed by atoms with Crippen molar-refractivity contribution in [3.63, 3.8) is 0 Å². The minimum Gasteiger partial charge on any atom is -0.330 e. The van der Waals surface area contributed by atoms with Gasteiger partial charge >= 0.3 is 0 Å². The number of carbonyl (C=O) groups is 1. The van der Waals surface area contributed by atoms with Gasteiger partial charge in [-0.25, -0.2) is 8.42 Å². The molecular formula is C20H17Cl2NO3S2. The third-order valence-electron chi connectivity index (χ3n) is 4.89. The Morgan fingerprint density at radius 2 is 1.89 bits per heavy atom. The van der Waals surface area contributed by atoms with Crippen LogP contribution in [-0.4, -0.2) is 36.8 Å². The number of halogens is 2. The number of carbonyl (C=O) groups excluding carboxylic acids is 1. The summed E-state index contributed by atoms with van der Waals surface area (Å²) in [7, 11) is -3.13. The molecule has 1 saturated heterocycles. The molecule has 1 aromatic heterocycles. The van der Waals surface area contributed by atoms with E-state index in [2.05, 4.69) is 0 Å². The van der Waals surface area contributed by atoms with Gasteiger partial charge in [0.1, 0.15) is 4.88 Å². The summed E-state index contributed by atoms with van der Waals surface area (Å²) < 4.78 is 24.9. The lowest BCUT2D eigenvalue weighted by molar-refractivity contribution is 0.0686. The summed E-state index contributed by atoms with van der Waals surface area (Å²) >= 11 is 13.9. The molecule has 4 rings (SSSR count). The average molecular weight is 454 g/mol. The molecule has 1 aliphatic rings. The SMILES string of the molecule is O=C(c1sc2cc(Cl)ccc2c1Cl)N(Cc1ccccc1)C1CCS(=O)(=O)C1. The van der Waals surface area contributed by atoms with Crippen LogP contribution in [0.2, 0.25) is 10.0 Å². The Hall–Kier alpha value is -1.60. The number of fused-ring (bicyclic) bond motifs is 1. The second-order valence-corrected chi connectivity index (χ2v) is 11.0. The molecule has 0 radical (unpaired) electrons. The molecule has 1 fully saturated rings. The maximum atomic E-state index is 13.4. The standard InChI is InChI=1S/C20H17Cl2NO3S2/c21-14-6-7-16-17(10-14)27-19(18(16)22)20(24)23(11-13-4-2-1-3-5-13)15-8-9-28(25,26)12-15/h1-7,10,15H,8-9,11-12H2. The van der Waals surface area contributed by atoms with E-state index in [-0.39, 0.29) is 23.5 Å². The van der Waals surface area contributed by atoms with Crippen molar-refractivity contribution < 1.29 is 13.2 Å². The Bertz CT molecular complexity index is 1140. The zero-order valence-electron chi connectivity index (χ0n) is 14.8. The van der Waals surface area contributed by atoms with Gasteiger partial charge in [0.05, 0.1) is 16.5 Å². The Labute approximate surface area is 177 Å². The van der Waals surface area contributed by atoms with Gasteiger partial charge in [-0.3, -0.25) is 4.79 Å². The van der Waals surface area contributed by atoms with Crippen molar-refractivity contribution in [1.82, 2.24) is 4.90 Å². The summed E-state index contributed by atoms with van der Waals surface area (Å²) in [5.41, 5.74) is 0.945. The van der Waals surface area contributed by atoms with Gasteiger partial charge in [0.25, 0.3) is 5.91 Å². The molecule has 1 unspecified atom stereocenters. The van der Waals surface area contributed by atoms with E-state index in [0.29, 0.717) is 27.9 Å². The van der Waals surface area contributed by atoms with Crippen molar-refractivity contribution in [2.45, 2.75) is 19.0 Å². The van der Waals surface area contributed by atoms with Crippen LogP contribution in [0.1, 0.15) is 21.7 Å². The van der Waals surface area contributed by atoms with Crippen LogP contribution < -0.4 is 0 Å². The molecule has 0 saturated carbocycles. The molecule has 0 bridgehead atoms. The predicted octanol–water partition coefficient (Wildman–Crippen LogP) is 5.04. The fourth-order valence-electron chi connectivity index (χ4n) is 3.48. The van der Waals surface area contributed by atoms with E-state index in [4.69, 9.17) is 23.2 Å². The summed E-state index contributed by atoms with van der Waals surface area (Å²) in [5.74, 6) is -0.153. The Kier molecular flexibility index (Phi) is 5.40. The topological polar surface area (TPSA) is 54.5 Å². The first-order valence-corrected chi connectivity index (χ1v) is 12.2. The summed E-state index contributed by atoms with van der Waals surface area (Å²) in [6, 6.07) is 14.5. The highest BCUT2D eigenvalue weighted by molar-refractivity contribution is 7.91. The highest BCUT2D eigenvalue weighted by Crippen LogP contribution is 2.38. The monoisotopic (exact) mass is 453 g/mol. The Morgan fingerprint density at radius 1 is 1.14 bits per heavy atom. The van der Waals surface area contributed by atoms with E-state index in [1.165, 1.54) is 11.3 Å². The van der Waals surface area contributed by atoms with E-state index in [1.54, 1.807) is 23.1 Å². The second-order valence-electron chi connectivity index (χ2n) is 6.86. The Morgan fingerprint density at radius 3 is 2.57 bits per heavy atom. The van der Waals surface area contributed by atoms with Gasteiger partial charge in [-0.1, -0.05) is 59.6 Å². The number of nitrogens with zero attached hydrogens (tertiary/aromatic N) is 1. The predicted molar refractivity (Wildman–Crippen MR) is 115 cm³/mol. The van der Waals surface area contributed by atoms with Crippen LogP contribution in [0.25, 0.3) is 10.1 Å². The molecule has 146 valence electrons. The van der Waals surface area contributed by atoms with Crippen molar-refractivity contribution in [3.8, 4) is 0 Å². The fourth-order valence-corrected chi connectivity index (χ4v) is 6.95. The fraction of sp³-hybridized carbons (Fsp3) is 0.250. The lowest BCUT2D eigenvalue weighted by Gasteiger charge is -2.28. The number of rotatable bonds is 4. The average Bonchev–Trinajstić information content (AvgIpc) is 3.19. The number of amides is 1. The summed E-state index contributed by atoms with van der Waals surface area (Å²) in [6.07, 6.45) is 0.440. The van der Waals surface area contributed by atoms with Crippen LogP contribution in [0.5, 0.6) is 0 Å². The molecule has 0 spiro atoms. The number of hydrogen-bond acceptors (Lipinski definition) is 4. The second kappa shape index (κ2) is 7.67. The first-order chi connectivity index (χ1) is 13.3. The van der Waals surface area contributed by atoms with Gasteiger partial charge in [-0.05, 0) is 24.1 Å². The van der Waals surface area contributed by atoms with Gasteiger partial charge in [-0.15, -0.1) is 11.3 Å². The highest BCUT2D eigenvalue weighted by atomic mass is 35.5. The maximum absolute atomic E-state index is 13.4.